The van der Waals surface area contributed by atoms with Crippen LogP contribution in [0.15, 0.2) is 53.7 Å². The summed E-state index contributed by atoms with van der Waals surface area (Å²) in [4.78, 5) is 0. The van der Waals surface area contributed by atoms with Gasteiger partial charge in [-0.2, -0.15) is 0 Å². The van der Waals surface area contributed by atoms with Gasteiger partial charge in [0.05, 0.1) is 5.71 Å². The van der Waals surface area contributed by atoms with Crippen LogP contribution in [-0.2, 0) is 6.61 Å². The van der Waals surface area contributed by atoms with Crippen molar-refractivity contribution in [3.05, 3.63) is 76.0 Å². The molecule has 0 fully saturated rings. The average molecular weight is 329 g/mol. The zero-order valence-corrected chi connectivity index (χ0v) is 14.4. The largest absolute Gasteiger partial charge is 0.489 e. The van der Waals surface area contributed by atoms with Crippen LogP contribution in [0.2, 0.25) is 0 Å². The molecule has 0 amide bonds. The predicted octanol–water partition coefficient (Wildman–Crippen LogP) is 4.55. The van der Waals surface area contributed by atoms with Crippen LogP contribution in [0.25, 0.3) is 0 Å². The zero-order valence-electron chi connectivity index (χ0n) is 13.6. The molecule has 23 heavy (non-hydrogen) atoms. The second kappa shape index (κ2) is 7.84. The summed E-state index contributed by atoms with van der Waals surface area (Å²) in [5.74, 6) is 0.827. The van der Waals surface area contributed by atoms with Crippen molar-refractivity contribution in [1.29, 1.82) is 5.41 Å². The Bertz CT molecular complexity index is 738. The highest BCUT2D eigenvalue weighted by molar-refractivity contribution is 6.31. The van der Waals surface area contributed by atoms with E-state index in [1.165, 1.54) is 11.1 Å². The first-order valence-electron chi connectivity index (χ1n) is 7.43. The number of hydrogen-bond donors (Lipinski definition) is 2. The van der Waals surface area contributed by atoms with Crippen LogP contribution in [0.3, 0.4) is 0 Å². The van der Waals surface area contributed by atoms with E-state index in [1.54, 1.807) is 13.1 Å². The fourth-order valence-electron chi connectivity index (χ4n) is 2.19. The lowest BCUT2D eigenvalue weighted by Gasteiger charge is -2.12. The van der Waals surface area contributed by atoms with E-state index in [2.05, 4.69) is 24.4 Å². The van der Waals surface area contributed by atoms with Gasteiger partial charge in [-0.25, -0.2) is 0 Å². The standard InChI is InChI=1S/C19H21ClN2O/c1-13-6-4-5-7-16(13)12-23-18-9-8-15(10-14(18)2)17(21)11-19(20)22-3/h4-11,21-22H,12H2,1-3H3/b19-11-,21-17?. The smallest absolute Gasteiger partial charge is 0.122 e. The van der Waals surface area contributed by atoms with Gasteiger partial charge < -0.3 is 15.5 Å². The zero-order chi connectivity index (χ0) is 16.8. The second-order valence-corrected chi connectivity index (χ2v) is 5.76. The molecule has 0 atom stereocenters. The van der Waals surface area contributed by atoms with Crippen LogP contribution in [0.4, 0.5) is 0 Å². The van der Waals surface area contributed by atoms with Gasteiger partial charge in [0.25, 0.3) is 0 Å². The molecule has 0 unspecified atom stereocenters. The molecule has 0 saturated carbocycles. The first-order chi connectivity index (χ1) is 11.0. The van der Waals surface area contributed by atoms with Gasteiger partial charge in [-0.05, 0) is 54.8 Å². The molecule has 0 aliphatic rings. The van der Waals surface area contributed by atoms with Gasteiger partial charge in [0.15, 0.2) is 0 Å². The Labute approximate surface area is 142 Å². The maximum absolute atomic E-state index is 8.05. The molecule has 0 bridgehead atoms. The number of ether oxygens (including phenoxy) is 1. The third kappa shape index (κ3) is 4.60. The number of allylic oxidation sites excluding steroid dienone is 1. The van der Waals surface area contributed by atoms with Crippen molar-refractivity contribution in [2.24, 2.45) is 0 Å². The van der Waals surface area contributed by atoms with Crippen LogP contribution in [0.1, 0.15) is 22.3 Å². The molecule has 3 nitrogen and oxygen atoms in total. The highest BCUT2D eigenvalue weighted by atomic mass is 35.5. The third-order valence-electron chi connectivity index (χ3n) is 3.64. The van der Waals surface area contributed by atoms with Gasteiger partial charge in [0.2, 0.25) is 0 Å². The van der Waals surface area contributed by atoms with Gasteiger partial charge >= 0.3 is 0 Å². The lowest BCUT2D eigenvalue weighted by molar-refractivity contribution is 0.303. The van der Waals surface area contributed by atoms with Crippen LogP contribution in [-0.4, -0.2) is 12.8 Å². The molecule has 0 aromatic heterocycles. The monoisotopic (exact) mass is 328 g/mol. The van der Waals surface area contributed by atoms with Crippen LogP contribution in [0.5, 0.6) is 5.75 Å². The van der Waals surface area contributed by atoms with Crippen molar-refractivity contribution in [2.75, 3.05) is 7.05 Å². The molecule has 0 spiro atoms. The van der Waals surface area contributed by atoms with E-state index < -0.39 is 0 Å². The fraction of sp³-hybridized carbons (Fsp3) is 0.211. The molecule has 0 aliphatic heterocycles. The minimum absolute atomic E-state index is 0.359. The lowest BCUT2D eigenvalue weighted by Crippen LogP contribution is -2.04. The van der Waals surface area contributed by atoms with E-state index >= 15 is 0 Å². The second-order valence-electron chi connectivity index (χ2n) is 5.35. The fourth-order valence-corrected chi connectivity index (χ4v) is 2.30. The maximum atomic E-state index is 8.05. The van der Waals surface area contributed by atoms with Crippen molar-refractivity contribution < 1.29 is 4.74 Å². The molecule has 0 radical (unpaired) electrons. The van der Waals surface area contributed by atoms with E-state index in [9.17, 15) is 0 Å². The Morgan fingerprint density at radius 1 is 1.17 bits per heavy atom. The molecule has 2 aromatic carbocycles. The highest BCUT2D eigenvalue weighted by Crippen LogP contribution is 2.22. The molecule has 2 aromatic rings. The predicted molar refractivity (Wildman–Crippen MR) is 96.5 cm³/mol. The molecule has 2 rings (SSSR count). The van der Waals surface area contributed by atoms with E-state index in [0.29, 0.717) is 17.5 Å². The number of benzene rings is 2. The first kappa shape index (κ1) is 17.1. The summed E-state index contributed by atoms with van der Waals surface area (Å²) in [6, 6.07) is 13.9. The molecule has 0 saturated heterocycles. The number of halogens is 1. The molecule has 4 heteroatoms. The third-order valence-corrected chi connectivity index (χ3v) is 3.94. The molecular formula is C19H21ClN2O. The minimum Gasteiger partial charge on any atom is -0.489 e. The quantitative estimate of drug-likeness (QED) is 0.603. The Morgan fingerprint density at radius 3 is 2.57 bits per heavy atom. The maximum Gasteiger partial charge on any atom is 0.122 e. The number of hydrogen-bond acceptors (Lipinski definition) is 3. The lowest BCUT2D eigenvalue weighted by atomic mass is 10.1. The normalized spacial score (nSPS) is 11.2. The van der Waals surface area contributed by atoms with Gasteiger partial charge in [0, 0.05) is 12.6 Å². The Balaban J connectivity index is 2.11. The summed E-state index contributed by atoms with van der Waals surface area (Å²) in [5.41, 5.74) is 4.55. The summed E-state index contributed by atoms with van der Waals surface area (Å²) < 4.78 is 5.92. The summed E-state index contributed by atoms with van der Waals surface area (Å²) in [6.07, 6.45) is 1.59. The average Bonchev–Trinajstić information content (AvgIpc) is 2.54. The van der Waals surface area contributed by atoms with E-state index in [-0.39, 0.29) is 0 Å². The Morgan fingerprint density at radius 2 is 1.91 bits per heavy atom. The SMILES string of the molecule is CN/C(Cl)=C\C(=N)c1ccc(OCc2ccccc2C)c(C)c1. The number of nitrogens with one attached hydrogen (secondary N) is 2. The van der Waals surface area contributed by atoms with E-state index in [1.807, 2.05) is 37.3 Å². The minimum atomic E-state index is 0.359. The number of rotatable bonds is 6. The molecule has 2 N–H and O–H groups in total. The Kier molecular flexibility index (Phi) is 5.83. The molecule has 120 valence electrons. The summed E-state index contributed by atoms with van der Waals surface area (Å²) >= 11 is 5.90. The van der Waals surface area contributed by atoms with Crippen molar-refractivity contribution >= 4 is 17.3 Å². The van der Waals surface area contributed by atoms with Crippen LogP contribution in [0, 0.1) is 19.3 Å². The number of aryl methyl sites for hydroxylation is 2. The van der Waals surface area contributed by atoms with Crippen LogP contribution >= 0.6 is 11.6 Å². The summed E-state index contributed by atoms with van der Waals surface area (Å²) in [6.45, 7) is 4.59. The van der Waals surface area contributed by atoms with Crippen molar-refractivity contribution in [1.82, 2.24) is 5.32 Å². The van der Waals surface area contributed by atoms with E-state index in [4.69, 9.17) is 21.7 Å². The first-order valence-corrected chi connectivity index (χ1v) is 7.81. The van der Waals surface area contributed by atoms with Gasteiger partial charge in [-0.3, -0.25) is 0 Å². The van der Waals surface area contributed by atoms with Crippen molar-refractivity contribution in [3.8, 4) is 5.75 Å². The summed E-state index contributed by atoms with van der Waals surface area (Å²) in [7, 11) is 1.72. The van der Waals surface area contributed by atoms with Gasteiger partial charge in [-0.15, -0.1) is 0 Å². The van der Waals surface area contributed by atoms with Crippen molar-refractivity contribution in [3.63, 3.8) is 0 Å². The van der Waals surface area contributed by atoms with Crippen LogP contribution < -0.4 is 10.1 Å². The highest BCUT2D eigenvalue weighted by Gasteiger charge is 2.06. The molecule has 0 heterocycles. The van der Waals surface area contributed by atoms with Gasteiger partial charge in [-0.1, -0.05) is 35.9 Å². The molecular weight excluding hydrogens is 308 g/mol. The van der Waals surface area contributed by atoms with Gasteiger partial charge in [0.1, 0.15) is 17.5 Å². The summed E-state index contributed by atoms with van der Waals surface area (Å²) in [5, 5.41) is 11.3. The van der Waals surface area contributed by atoms with Crippen molar-refractivity contribution in [2.45, 2.75) is 20.5 Å². The van der Waals surface area contributed by atoms with E-state index in [0.717, 1.165) is 16.9 Å². The molecule has 0 aliphatic carbocycles. The topological polar surface area (TPSA) is 45.1 Å². The Hall–Kier alpha value is -2.26.